The van der Waals surface area contributed by atoms with E-state index in [1.54, 1.807) is 0 Å². The summed E-state index contributed by atoms with van der Waals surface area (Å²) >= 11 is 3.53. The van der Waals surface area contributed by atoms with E-state index in [9.17, 15) is 0 Å². The van der Waals surface area contributed by atoms with Gasteiger partial charge in [-0.05, 0) is 73.6 Å². The molecule has 90 valence electrons. The maximum atomic E-state index is 5.75. The van der Waals surface area contributed by atoms with Gasteiger partial charge in [-0.3, -0.25) is 0 Å². The number of hydrogen-bond donors (Lipinski definition) is 0. The van der Waals surface area contributed by atoms with Crippen LogP contribution in [0.15, 0.2) is 16.6 Å². The van der Waals surface area contributed by atoms with Gasteiger partial charge in [0.05, 0.1) is 11.1 Å². The summed E-state index contributed by atoms with van der Waals surface area (Å²) in [5.41, 5.74) is 2.55. The van der Waals surface area contributed by atoms with Crippen LogP contribution in [0.4, 0.5) is 0 Å². The average molecular weight is 286 g/mol. The van der Waals surface area contributed by atoms with Crippen LogP contribution in [0.3, 0.4) is 0 Å². The first-order chi connectivity index (χ1) is 7.50. The zero-order valence-electron chi connectivity index (χ0n) is 10.5. The van der Waals surface area contributed by atoms with E-state index in [2.05, 4.69) is 60.9 Å². The highest BCUT2D eigenvalue weighted by atomic mass is 79.9. The quantitative estimate of drug-likeness (QED) is 0.769. The van der Waals surface area contributed by atoms with Crippen LogP contribution in [0.1, 0.15) is 17.5 Å². The highest BCUT2D eigenvalue weighted by molar-refractivity contribution is 9.10. The Morgan fingerprint density at radius 1 is 1.19 bits per heavy atom. The summed E-state index contributed by atoms with van der Waals surface area (Å²) in [6.07, 6.45) is 1.05. The number of aryl methyl sites for hydroxylation is 2. The van der Waals surface area contributed by atoms with Crippen molar-refractivity contribution in [3.63, 3.8) is 0 Å². The van der Waals surface area contributed by atoms with Gasteiger partial charge >= 0.3 is 0 Å². The minimum atomic E-state index is 0.763. The Bertz CT molecular complexity index is 350. The molecule has 0 bridgehead atoms. The van der Waals surface area contributed by atoms with Crippen molar-refractivity contribution in [1.29, 1.82) is 0 Å². The van der Waals surface area contributed by atoms with Crippen molar-refractivity contribution < 1.29 is 4.74 Å². The minimum Gasteiger partial charge on any atom is -0.492 e. The Morgan fingerprint density at radius 2 is 1.81 bits per heavy atom. The molecule has 3 heteroatoms. The van der Waals surface area contributed by atoms with E-state index in [0.29, 0.717) is 0 Å². The molecule has 1 rings (SSSR count). The molecule has 0 saturated carbocycles. The van der Waals surface area contributed by atoms with E-state index in [1.807, 2.05) is 0 Å². The smallest absolute Gasteiger partial charge is 0.133 e. The number of rotatable bonds is 5. The van der Waals surface area contributed by atoms with Gasteiger partial charge in [-0.25, -0.2) is 0 Å². The van der Waals surface area contributed by atoms with E-state index in [1.165, 1.54) is 11.1 Å². The maximum Gasteiger partial charge on any atom is 0.133 e. The molecule has 0 aliphatic heterocycles. The number of nitrogens with zero attached hydrogens (tertiary/aromatic N) is 1. The third kappa shape index (κ3) is 4.14. The van der Waals surface area contributed by atoms with Crippen molar-refractivity contribution in [1.82, 2.24) is 4.90 Å². The van der Waals surface area contributed by atoms with E-state index < -0.39 is 0 Å². The molecular weight excluding hydrogens is 266 g/mol. The molecule has 0 atom stereocenters. The molecule has 0 fully saturated rings. The topological polar surface area (TPSA) is 12.5 Å². The summed E-state index contributed by atoms with van der Waals surface area (Å²) in [7, 11) is 4.15. The zero-order chi connectivity index (χ0) is 12.1. The fraction of sp³-hybridized carbons (Fsp3) is 0.538. The highest BCUT2D eigenvalue weighted by Gasteiger charge is 2.04. The van der Waals surface area contributed by atoms with Gasteiger partial charge in [0.2, 0.25) is 0 Å². The highest BCUT2D eigenvalue weighted by Crippen LogP contribution is 2.28. The van der Waals surface area contributed by atoms with Crippen molar-refractivity contribution in [3.05, 3.63) is 27.7 Å². The molecule has 0 aliphatic rings. The van der Waals surface area contributed by atoms with Crippen molar-refractivity contribution >= 4 is 15.9 Å². The molecule has 1 aromatic rings. The molecule has 0 aromatic heterocycles. The lowest BCUT2D eigenvalue weighted by Gasteiger charge is -2.12. The molecule has 0 heterocycles. The third-order valence-corrected chi connectivity index (χ3v) is 3.18. The Kier molecular flexibility index (Phi) is 5.29. The molecular formula is C13H20BrNO. The second-order valence-electron chi connectivity index (χ2n) is 4.37. The normalized spacial score (nSPS) is 10.9. The van der Waals surface area contributed by atoms with Gasteiger partial charge in [-0.1, -0.05) is 0 Å². The molecule has 0 unspecified atom stereocenters. The monoisotopic (exact) mass is 285 g/mol. The molecule has 2 nitrogen and oxygen atoms in total. The lowest BCUT2D eigenvalue weighted by Crippen LogP contribution is -2.15. The lowest BCUT2D eigenvalue weighted by atomic mass is 10.1. The van der Waals surface area contributed by atoms with Crippen molar-refractivity contribution in [2.24, 2.45) is 0 Å². The predicted octanol–water partition coefficient (Wildman–Crippen LogP) is 3.40. The lowest BCUT2D eigenvalue weighted by molar-refractivity contribution is 0.280. The van der Waals surface area contributed by atoms with Crippen molar-refractivity contribution in [2.45, 2.75) is 20.3 Å². The standard InChI is InChI=1S/C13H20BrNO/c1-10-8-12(14)13(9-11(10)2)16-7-5-6-15(3)4/h8-9H,5-7H2,1-4H3. The first-order valence-electron chi connectivity index (χ1n) is 5.55. The molecule has 0 amide bonds. The predicted molar refractivity (Wildman–Crippen MR) is 72.3 cm³/mol. The van der Waals surface area contributed by atoms with E-state index in [0.717, 1.165) is 29.8 Å². The van der Waals surface area contributed by atoms with Gasteiger partial charge in [0.25, 0.3) is 0 Å². The molecule has 0 N–H and O–H groups in total. The number of ether oxygens (including phenoxy) is 1. The summed E-state index contributed by atoms with van der Waals surface area (Å²) in [5.74, 6) is 0.946. The largest absolute Gasteiger partial charge is 0.492 e. The molecule has 0 radical (unpaired) electrons. The van der Waals surface area contributed by atoms with E-state index in [4.69, 9.17) is 4.74 Å². The summed E-state index contributed by atoms with van der Waals surface area (Å²) in [6, 6.07) is 4.20. The fourth-order valence-corrected chi connectivity index (χ4v) is 2.00. The SMILES string of the molecule is Cc1cc(Br)c(OCCCN(C)C)cc1C. The van der Waals surface area contributed by atoms with Gasteiger partial charge < -0.3 is 9.64 Å². The van der Waals surface area contributed by atoms with Gasteiger partial charge in [0.1, 0.15) is 5.75 Å². The van der Waals surface area contributed by atoms with Gasteiger partial charge in [-0.2, -0.15) is 0 Å². The molecule has 0 aliphatic carbocycles. The second-order valence-corrected chi connectivity index (χ2v) is 5.23. The molecule has 0 saturated heterocycles. The molecule has 1 aromatic carbocycles. The average Bonchev–Trinajstić information content (AvgIpc) is 2.19. The summed E-state index contributed by atoms with van der Waals surface area (Å²) in [6.45, 7) is 6.03. The second kappa shape index (κ2) is 6.26. The van der Waals surface area contributed by atoms with Crippen LogP contribution >= 0.6 is 15.9 Å². The summed E-state index contributed by atoms with van der Waals surface area (Å²) in [5, 5.41) is 0. The maximum absolute atomic E-state index is 5.75. The molecule has 0 spiro atoms. The number of halogens is 1. The van der Waals surface area contributed by atoms with Gasteiger partial charge in [0, 0.05) is 6.54 Å². The first-order valence-corrected chi connectivity index (χ1v) is 6.34. The van der Waals surface area contributed by atoms with Gasteiger partial charge in [0.15, 0.2) is 0 Å². The first kappa shape index (κ1) is 13.5. The fourth-order valence-electron chi connectivity index (χ4n) is 1.43. The van der Waals surface area contributed by atoms with Crippen LogP contribution < -0.4 is 4.74 Å². The Hall–Kier alpha value is -0.540. The third-order valence-electron chi connectivity index (χ3n) is 2.56. The van der Waals surface area contributed by atoms with Crippen LogP contribution in [-0.2, 0) is 0 Å². The van der Waals surface area contributed by atoms with E-state index in [-0.39, 0.29) is 0 Å². The molecule has 16 heavy (non-hydrogen) atoms. The van der Waals surface area contributed by atoms with E-state index >= 15 is 0 Å². The minimum absolute atomic E-state index is 0.763. The Morgan fingerprint density at radius 3 is 2.44 bits per heavy atom. The van der Waals surface area contributed by atoms with Crippen LogP contribution in [0.25, 0.3) is 0 Å². The van der Waals surface area contributed by atoms with Crippen molar-refractivity contribution in [2.75, 3.05) is 27.2 Å². The Labute approximate surface area is 107 Å². The van der Waals surface area contributed by atoms with Gasteiger partial charge in [-0.15, -0.1) is 0 Å². The number of hydrogen-bond acceptors (Lipinski definition) is 2. The zero-order valence-corrected chi connectivity index (χ0v) is 12.1. The van der Waals surface area contributed by atoms with Crippen LogP contribution in [0.5, 0.6) is 5.75 Å². The number of benzene rings is 1. The van der Waals surface area contributed by atoms with Crippen LogP contribution in [-0.4, -0.2) is 32.1 Å². The van der Waals surface area contributed by atoms with Crippen LogP contribution in [0.2, 0.25) is 0 Å². The Balaban J connectivity index is 2.51. The summed E-state index contributed by atoms with van der Waals surface area (Å²) in [4.78, 5) is 2.17. The van der Waals surface area contributed by atoms with Crippen LogP contribution in [0, 0.1) is 13.8 Å². The van der Waals surface area contributed by atoms with Crippen molar-refractivity contribution in [3.8, 4) is 5.75 Å². The summed E-state index contributed by atoms with van der Waals surface area (Å²) < 4.78 is 6.79.